The van der Waals surface area contributed by atoms with E-state index in [1.807, 2.05) is 0 Å². The Morgan fingerprint density at radius 3 is 2.61 bits per heavy atom. The van der Waals surface area contributed by atoms with E-state index >= 15 is 0 Å². The number of nitrogens with one attached hydrogen (secondary N) is 2. The molecular formula is C28H37ClN2O2. The van der Waals surface area contributed by atoms with Gasteiger partial charge in [0.15, 0.2) is 5.78 Å². The van der Waals surface area contributed by atoms with Gasteiger partial charge in [-0.1, -0.05) is 56.5 Å². The number of anilines is 1. The van der Waals surface area contributed by atoms with Gasteiger partial charge < -0.3 is 10.6 Å². The monoisotopic (exact) mass is 468 g/mol. The fourth-order valence-electron chi connectivity index (χ4n) is 5.32. The van der Waals surface area contributed by atoms with Crippen LogP contribution in [0.2, 0.25) is 0 Å². The maximum atomic E-state index is 13.6. The van der Waals surface area contributed by atoms with Gasteiger partial charge >= 0.3 is 0 Å². The molecule has 4 rings (SSSR count). The summed E-state index contributed by atoms with van der Waals surface area (Å²) in [4.78, 5) is 25.5. The van der Waals surface area contributed by atoms with E-state index in [1.165, 1.54) is 30.4 Å². The second-order valence-corrected chi connectivity index (χ2v) is 9.51. The first kappa shape index (κ1) is 25.5. The van der Waals surface area contributed by atoms with Gasteiger partial charge in [-0.25, -0.2) is 0 Å². The molecule has 0 saturated heterocycles. The lowest BCUT2D eigenvalue weighted by Crippen LogP contribution is -2.39. The summed E-state index contributed by atoms with van der Waals surface area (Å²) in [6, 6.07) is 13.1. The van der Waals surface area contributed by atoms with Gasteiger partial charge in [0.25, 0.3) is 0 Å². The number of ketones is 1. The highest BCUT2D eigenvalue weighted by molar-refractivity contribution is 6.05. The average molecular weight is 469 g/mol. The number of aryl methyl sites for hydroxylation is 1. The van der Waals surface area contributed by atoms with Crippen molar-refractivity contribution in [1.82, 2.24) is 5.32 Å². The lowest BCUT2D eigenvalue weighted by atomic mass is 9.76. The van der Waals surface area contributed by atoms with Crippen molar-refractivity contribution in [3.63, 3.8) is 0 Å². The molecule has 2 unspecified atom stereocenters. The first-order valence-electron chi connectivity index (χ1n) is 12.3. The number of hydrogen-bond acceptors (Lipinski definition) is 3. The summed E-state index contributed by atoms with van der Waals surface area (Å²) in [5.74, 6) is 0.325. The normalized spacial score (nSPS) is 18.1. The molecule has 1 aliphatic heterocycles. The van der Waals surface area contributed by atoms with Crippen LogP contribution in [0.1, 0.15) is 78.1 Å². The molecule has 2 atom stereocenters. The molecule has 4 nitrogen and oxygen atoms in total. The van der Waals surface area contributed by atoms with E-state index in [-0.39, 0.29) is 30.0 Å². The van der Waals surface area contributed by atoms with Gasteiger partial charge in [0.05, 0.1) is 0 Å². The molecule has 0 aromatic heterocycles. The van der Waals surface area contributed by atoms with Crippen LogP contribution >= 0.6 is 12.4 Å². The van der Waals surface area contributed by atoms with Crippen molar-refractivity contribution in [3.05, 3.63) is 64.2 Å². The number of Topliss-reactive ketones (excluding diaryl/α,β-unsaturated/α-hetero) is 1. The molecule has 0 bridgehead atoms. The quantitative estimate of drug-likeness (QED) is 0.455. The summed E-state index contributed by atoms with van der Waals surface area (Å²) in [6.45, 7) is 5.04. The Morgan fingerprint density at radius 2 is 1.85 bits per heavy atom. The molecule has 178 valence electrons. The van der Waals surface area contributed by atoms with Gasteiger partial charge in [-0.05, 0) is 67.3 Å². The number of halogens is 1. The van der Waals surface area contributed by atoms with Crippen molar-refractivity contribution >= 4 is 29.8 Å². The summed E-state index contributed by atoms with van der Waals surface area (Å²) in [7, 11) is 0. The second kappa shape index (κ2) is 11.8. The summed E-state index contributed by atoms with van der Waals surface area (Å²) >= 11 is 0. The number of unbranched alkanes of at least 4 members (excludes halogenated alkanes) is 2. The SMILES string of the molecule is CCCCCC(Cc1ccccc1)NCC1CCc2c(C)cc3c(c2C1=O)CCC(=O)N3.Cl. The van der Waals surface area contributed by atoms with Crippen LogP contribution in [-0.2, 0) is 24.1 Å². The molecule has 2 aromatic rings. The fraction of sp³-hybridized carbons (Fsp3) is 0.500. The van der Waals surface area contributed by atoms with Crippen molar-refractivity contribution in [2.45, 2.75) is 77.7 Å². The van der Waals surface area contributed by atoms with Gasteiger partial charge in [0.1, 0.15) is 0 Å². The van der Waals surface area contributed by atoms with E-state index in [9.17, 15) is 9.59 Å². The smallest absolute Gasteiger partial charge is 0.224 e. The Morgan fingerprint density at radius 1 is 1.06 bits per heavy atom. The van der Waals surface area contributed by atoms with Crippen molar-refractivity contribution in [3.8, 4) is 0 Å². The van der Waals surface area contributed by atoms with Crippen LogP contribution in [0.4, 0.5) is 5.69 Å². The predicted octanol–water partition coefficient (Wildman–Crippen LogP) is 5.83. The van der Waals surface area contributed by atoms with E-state index in [0.717, 1.165) is 54.6 Å². The number of rotatable bonds is 9. The molecule has 33 heavy (non-hydrogen) atoms. The van der Waals surface area contributed by atoms with E-state index in [1.54, 1.807) is 0 Å². The molecule has 0 spiro atoms. The topological polar surface area (TPSA) is 58.2 Å². The number of benzene rings is 2. The van der Waals surface area contributed by atoms with Crippen molar-refractivity contribution in [2.75, 3.05) is 11.9 Å². The van der Waals surface area contributed by atoms with Crippen molar-refractivity contribution < 1.29 is 9.59 Å². The Kier molecular flexibility index (Phi) is 9.10. The minimum atomic E-state index is 0. The highest BCUT2D eigenvalue weighted by Gasteiger charge is 2.33. The van der Waals surface area contributed by atoms with E-state index in [0.29, 0.717) is 18.9 Å². The third-order valence-electron chi connectivity index (χ3n) is 7.14. The first-order chi connectivity index (χ1) is 15.6. The Hall–Kier alpha value is -2.17. The average Bonchev–Trinajstić information content (AvgIpc) is 2.79. The summed E-state index contributed by atoms with van der Waals surface area (Å²) < 4.78 is 0. The van der Waals surface area contributed by atoms with Crippen molar-refractivity contribution in [1.29, 1.82) is 0 Å². The summed E-state index contributed by atoms with van der Waals surface area (Å²) in [5.41, 5.74) is 6.49. The third-order valence-corrected chi connectivity index (χ3v) is 7.14. The number of carbonyl (C=O) groups excluding carboxylic acids is 2. The van der Waals surface area contributed by atoms with Crippen molar-refractivity contribution in [2.24, 2.45) is 5.92 Å². The largest absolute Gasteiger partial charge is 0.326 e. The van der Waals surface area contributed by atoms with Crippen LogP contribution in [0.5, 0.6) is 0 Å². The Balaban J connectivity index is 0.00000306. The maximum Gasteiger partial charge on any atom is 0.224 e. The van der Waals surface area contributed by atoms with Gasteiger partial charge in [-0.15, -0.1) is 12.4 Å². The number of fused-ring (bicyclic) bond motifs is 3. The first-order valence-corrected chi connectivity index (χ1v) is 12.3. The minimum absolute atomic E-state index is 0. The molecule has 1 amide bonds. The molecule has 0 radical (unpaired) electrons. The summed E-state index contributed by atoms with van der Waals surface area (Å²) in [5, 5.41) is 6.75. The fourth-order valence-corrected chi connectivity index (χ4v) is 5.32. The molecule has 2 N–H and O–H groups in total. The van der Waals surface area contributed by atoms with Crippen LogP contribution in [0.25, 0.3) is 0 Å². The van der Waals surface area contributed by atoms with E-state index in [4.69, 9.17) is 0 Å². The number of amides is 1. The second-order valence-electron chi connectivity index (χ2n) is 9.51. The zero-order valence-corrected chi connectivity index (χ0v) is 20.7. The standard InChI is InChI=1S/C28H36N2O2.ClH/c1-3-4-6-11-22(17-20-9-7-5-8-10-20)29-18-21-12-13-23-19(2)16-25-24(27(23)28(21)32)14-15-26(31)30-25;/h5,7-10,16,21-22,29H,3-4,6,11-15,17-18H2,1-2H3,(H,30,31);1H. The number of carbonyl (C=O) groups is 2. The molecule has 0 fully saturated rings. The zero-order chi connectivity index (χ0) is 22.5. The molecular weight excluding hydrogens is 432 g/mol. The molecule has 2 aliphatic rings. The highest BCUT2D eigenvalue weighted by Crippen LogP contribution is 2.37. The van der Waals surface area contributed by atoms with Gasteiger partial charge in [0.2, 0.25) is 5.91 Å². The maximum absolute atomic E-state index is 13.6. The molecule has 1 heterocycles. The molecule has 5 heteroatoms. The van der Waals surface area contributed by atoms with E-state index in [2.05, 4.69) is 60.9 Å². The number of hydrogen-bond donors (Lipinski definition) is 2. The van der Waals surface area contributed by atoms with E-state index < -0.39 is 0 Å². The van der Waals surface area contributed by atoms with Crippen LogP contribution in [0.15, 0.2) is 36.4 Å². The minimum Gasteiger partial charge on any atom is -0.326 e. The third kappa shape index (κ3) is 6.04. The lowest BCUT2D eigenvalue weighted by molar-refractivity contribution is -0.116. The zero-order valence-electron chi connectivity index (χ0n) is 19.9. The van der Waals surface area contributed by atoms with Crippen LogP contribution in [0.3, 0.4) is 0 Å². The van der Waals surface area contributed by atoms with Crippen LogP contribution in [-0.4, -0.2) is 24.3 Å². The molecule has 2 aromatic carbocycles. The van der Waals surface area contributed by atoms with Gasteiger partial charge in [-0.3, -0.25) is 9.59 Å². The van der Waals surface area contributed by atoms with Gasteiger partial charge in [0, 0.05) is 36.2 Å². The lowest BCUT2D eigenvalue weighted by Gasteiger charge is -2.31. The molecule has 0 saturated carbocycles. The van der Waals surface area contributed by atoms with Crippen LogP contribution in [0, 0.1) is 12.8 Å². The Labute approximate surface area is 204 Å². The predicted molar refractivity (Wildman–Crippen MR) is 138 cm³/mol. The Bertz CT molecular complexity index is 974. The van der Waals surface area contributed by atoms with Crippen LogP contribution < -0.4 is 10.6 Å². The summed E-state index contributed by atoms with van der Waals surface area (Å²) in [6.07, 6.45) is 8.81. The highest BCUT2D eigenvalue weighted by atomic mass is 35.5. The van der Waals surface area contributed by atoms with Gasteiger partial charge in [-0.2, -0.15) is 0 Å². The molecule has 1 aliphatic carbocycles.